The topological polar surface area (TPSA) is 115 Å². The van der Waals surface area contributed by atoms with Gasteiger partial charge >= 0.3 is 0 Å². The summed E-state index contributed by atoms with van der Waals surface area (Å²) in [6.07, 6.45) is 0. The van der Waals surface area contributed by atoms with Crippen molar-refractivity contribution in [3.8, 4) is 0 Å². The zero-order valence-corrected chi connectivity index (χ0v) is 12.5. The molecule has 0 aromatic heterocycles. The number of hydrogen-bond donors (Lipinski definition) is 1. The lowest BCUT2D eigenvalue weighted by atomic mass is 10.1. The second-order valence-electron chi connectivity index (χ2n) is 4.60. The van der Waals surface area contributed by atoms with Crippen LogP contribution in [0.1, 0.15) is 15.9 Å². The second-order valence-corrected chi connectivity index (χ2v) is 5.01. The number of nitrogens with one attached hydrogen (secondary N) is 1. The Labute approximate surface area is 135 Å². The van der Waals surface area contributed by atoms with Gasteiger partial charge in [-0.05, 0) is 19.1 Å². The number of rotatable bonds is 4. The molecule has 0 heterocycles. The van der Waals surface area contributed by atoms with Crippen LogP contribution in [-0.4, -0.2) is 15.8 Å². The number of carbonyl (C=O) groups is 1. The molecule has 9 heteroatoms. The van der Waals surface area contributed by atoms with Crippen LogP contribution in [0.5, 0.6) is 0 Å². The van der Waals surface area contributed by atoms with Crippen molar-refractivity contribution in [3.05, 3.63) is 72.8 Å². The number of amides is 1. The molecule has 0 aliphatic rings. The summed E-state index contributed by atoms with van der Waals surface area (Å²) in [6.45, 7) is 1.52. The number of nitrogens with zero attached hydrogens (tertiary/aromatic N) is 2. The highest BCUT2D eigenvalue weighted by molar-refractivity contribution is 6.34. The van der Waals surface area contributed by atoms with E-state index in [0.717, 1.165) is 6.07 Å². The molecule has 1 amide bonds. The van der Waals surface area contributed by atoms with Gasteiger partial charge in [-0.1, -0.05) is 23.7 Å². The normalized spacial score (nSPS) is 10.2. The number of nitro benzene ring substituents is 2. The van der Waals surface area contributed by atoms with E-state index in [1.165, 1.54) is 37.3 Å². The molecule has 2 aromatic carbocycles. The van der Waals surface area contributed by atoms with E-state index in [0.29, 0.717) is 5.56 Å². The van der Waals surface area contributed by atoms with E-state index in [1.807, 2.05) is 0 Å². The van der Waals surface area contributed by atoms with E-state index in [4.69, 9.17) is 11.6 Å². The molecule has 1 N–H and O–H groups in total. The maximum absolute atomic E-state index is 12.3. The number of nitro groups is 2. The minimum absolute atomic E-state index is 0.0390. The molecule has 0 spiro atoms. The Hall–Kier alpha value is -3.00. The molecular weight excluding hydrogens is 326 g/mol. The molecule has 0 aliphatic heterocycles. The van der Waals surface area contributed by atoms with Crippen LogP contribution in [0.15, 0.2) is 36.4 Å². The lowest BCUT2D eigenvalue weighted by Gasteiger charge is -2.08. The molecule has 0 bridgehead atoms. The van der Waals surface area contributed by atoms with Crippen LogP contribution in [-0.2, 0) is 0 Å². The molecular formula is C14H10ClN3O5. The maximum Gasteiger partial charge on any atom is 0.285 e. The van der Waals surface area contributed by atoms with E-state index in [1.54, 1.807) is 0 Å². The molecule has 2 aromatic rings. The fraction of sp³-hybridized carbons (Fsp3) is 0.0714. The van der Waals surface area contributed by atoms with Crippen LogP contribution in [0.25, 0.3) is 0 Å². The molecule has 118 valence electrons. The first-order chi connectivity index (χ1) is 10.8. The van der Waals surface area contributed by atoms with Gasteiger partial charge in [-0.25, -0.2) is 0 Å². The van der Waals surface area contributed by atoms with Gasteiger partial charge in [0.1, 0.15) is 5.56 Å². The predicted molar refractivity (Wildman–Crippen MR) is 83.9 cm³/mol. The Balaban J connectivity index is 2.35. The largest absolute Gasteiger partial charge is 0.320 e. The van der Waals surface area contributed by atoms with Crippen LogP contribution in [0.2, 0.25) is 5.02 Å². The summed E-state index contributed by atoms with van der Waals surface area (Å²) in [7, 11) is 0. The van der Waals surface area contributed by atoms with Gasteiger partial charge in [0.25, 0.3) is 17.3 Å². The summed E-state index contributed by atoms with van der Waals surface area (Å²) in [5.74, 6) is -0.726. The van der Waals surface area contributed by atoms with Gasteiger partial charge in [0, 0.05) is 17.7 Å². The minimum Gasteiger partial charge on any atom is -0.320 e. The fourth-order valence-corrected chi connectivity index (χ4v) is 2.22. The zero-order valence-electron chi connectivity index (χ0n) is 11.8. The van der Waals surface area contributed by atoms with Crippen molar-refractivity contribution in [3.63, 3.8) is 0 Å². The van der Waals surface area contributed by atoms with Crippen molar-refractivity contribution >= 4 is 34.6 Å². The molecule has 0 unspecified atom stereocenters. The van der Waals surface area contributed by atoms with Gasteiger partial charge in [0.2, 0.25) is 0 Å². The van der Waals surface area contributed by atoms with Crippen LogP contribution in [0.3, 0.4) is 0 Å². The fourth-order valence-electron chi connectivity index (χ4n) is 1.99. The third kappa shape index (κ3) is 3.43. The summed E-state index contributed by atoms with van der Waals surface area (Å²) < 4.78 is 0. The number of halogens is 1. The maximum atomic E-state index is 12.3. The van der Waals surface area contributed by atoms with Crippen molar-refractivity contribution in [2.75, 3.05) is 5.32 Å². The van der Waals surface area contributed by atoms with Crippen molar-refractivity contribution in [1.29, 1.82) is 0 Å². The number of benzene rings is 2. The Kier molecular flexibility index (Phi) is 4.56. The SMILES string of the molecule is Cc1cccc(C(=O)Nc2ccc([N+](=O)[O-])cc2Cl)c1[N+](=O)[O-]. The van der Waals surface area contributed by atoms with E-state index in [-0.39, 0.29) is 27.6 Å². The first-order valence-corrected chi connectivity index (χ1v) is 6.68. The van der Waals surface area contributed by atoms with Crippen LogP contribution in [0.4, 0.5) is 17.1 Å². The van der Waals surface area contributed by atoms with Crippen LogP contribution >= 0.6 is 11.6 Å². The first-order valence-electron chi connectivity index (χ1n) is 6.30. The third-order valence-corrected chi connectivity index (χ3v) is 3.39. The highest BCUT2D eigenvalue weighted by atomic mass is 35.5. The predicted octanol–water partition coefficient (Wildman–Crippen LogP) is 3.72. The lowest BCUT2D eigenvalue weighted by Crippen LogP contribution is -2.15. The van der Waals surface area contributed by atoms with E-state index >= 15 is 0 Å². The van der Waals surface area contributed by atoms with E-state index in [2.05, 4.69) is 5.32 Å². The summed E-state index contributed by atoms with van der Waals surface area (Å²) in [4.78, 5) is 32.8. The summed E-state index contributed by atoms with van der Waals surface area (Å²) in [6, 6.07) is 7.89. The molecule has 0 saturated carbocycles. The van der Waals surface area contributed by atoms with Crippen LogP contribution in [0, 0.1) is 27.2 Å². The molecule has 0 aliphatic carbocycles. The number of aryl methyl sites for hydroxylation is 1. The van der Waals surface area contributed by atoms with Crippen LogP contribution < -0.4 is 5.32 Å². The molecule has 2 rings (SSSR count). The average Bonchev–Trinajstić information content (AvgIpc) is 2.48. The molecule has 0 fully saturated rings. The van der Waals surface area contributed by atoms with Gasteiger partial charge in [-0.15, -0.1) is 0 Å². The van der Waals surface area contributed by atoms with E-state index in [9.17, 15) is 25.0 Å². The van der Waals surface area contributed by atoms with Gasteiger partial charge < -0.3 is 5.32 Å². The average molecular weight is 336 g/mol. The quantitative estimate of drug-likeness (QED) is 0.675. The van der Waals surface area contributed by atoms with Gasteiger partial charge in [0.15, 0.2) is 0 Å². The number of non-ortho nitro benzene ring substituents is 1. The summed E-state index contributed by atoms with van der Waals surface area (Å²) in [5, 5.41) is 24.1. The summed E-state index contributed by atoms with van der Waals surface area (Å²) >= 11 is 5.89. The van der Waals surface area contributed by atoms with Crippen molar-refractivity contribution in [2.24, 2.45) is 0 Å². The highest BCUT2D eigenvalue weighted by Gasteiger charge is 2.23. The standard InChI is InChI=1S/C14H10ClN3O5/c1-8-3-2-4-10(13(8)18(22)23)14(19)16-12-6-5-9(17(20)21)7-11(12)15/h2-7H,1H3,(H,16,19). The Morgan fingerprint density at radius 1 is 1.13 bits per heavy atom. The number of hydrogen-bond acceptors (Lipinski definition) is 5. The Morgan fingerprint density at radius 3 is 2.39 bits per heavy atom. The van der Waals surface area contributed by atoms with Crippen molar-refractivity contribution in [1.82, 2.24) is 0 Å². The monoisotopic (exact) mass is 335 g/mol. The second kappa shape index (κ2) is 6.41. The number of para-hydroxylation sites is 1. The zero-order chi connectivity index (χ0) is 17.1. The Bertz CT molecular complexity index is 822. The number of carbonyl (C=O) groups excluding carboxylic acids is 1. The summed E-state index contributed by atoms with van der Waals surface area (Å²) in [5.41, 5.74) is -0.183. The minimum atomic E-state index is -0.726. The van der Waals surface area contributed by atoms with E-state index < -0.39 is 15.8 Å². The molecule has 8 nitrogen and oxygen atoms in total. The Morgan fingerprint density at radius 2 is 1.83 bits per heavy atom. The lowest BCUT2D eigenvalue weighted by molar-refractivity contribution is -0.385. The molecule has 0 saturated heterocycles. The smallest absolute Gasteiger partial charge is 0.285 e. The highest BCUT2D eigenvalue weighted by Crippen LogP contribution is 2.29. The van der Waals surface area contributed by atoms with Crippen molar-refractivity contribution < 1.29 is 14.6 Å². The first kappa shape index (κ1) is 16.4. The third-order valence-electron chi connectivity index (χ3n) is 3.08. The van der Waals surface area contributed by atoms with Gasteiger partial charge in [-0.2, -0.15) is 0 Å². The molecule has 23 heavy (non-hydrogen) atoms. The van der Waals surface area contributed by atoms with Crippen molar-refractivity contribution in [2.45, 2.75) is 6.92 Å². The molecule has 0 atom stereocenters. The van der Waals surface area contributed by atoms with Gasteiger partial charge in [0.05, 0.1) is 20.6 Å². The molecule has 0 radical (unpaired) electrons. The number of anilines is 1. The van der Waals surface area contributed by atoms with Gasteiger partial charge in [-0.3, -0.25) is 25.0 Å².